The minimum atomic E-state index is -4.36. The van der Waals surface area contributed by atoms with Crippen LogP contribution < -0.4 is 10.1 Å². The molecule has 0 aromatic heterocycles. The molecule has 2 fully saturated rings. The zero-order valence-electron chi connectivity index (χ0n) is 17.0. The highest BCUT2D eigenvalue weighted by atomic mass is 19.4. The molecule has 1 unspecified atom stereocenters. The molecular weight excluding hydrogens is 401 g/mol. The van der Waals surface area contributed by atoms with Crippen molar-refractivity contribution in [2.45, 2.75) is 25.1 Å². The molecule has 7 nitrogen and oxygen atoms in total. The molecule has 1 aromatic rings. The van der Waals surface area contributed by atoms with Crippen LogP contribution in [-0.2, 0) is 15.7 Å². The van der Waals surface area contributed by atoms with Crippen LogP contribution in [0.3, 0.4) is 0 Å². The molecule has 3 rings (SSSR count). The number of hydrogen-bond acceptors (Lipinski definition) is 4. The van der Waals surface area contributed by atoms with Crippen molar-refractivity contribution in [2.24, 2.45) is 4.99 Å². The third kappa shape index (κ3) is 5.78. The normalized spacial score (nSPS) is 20.4. The predicted molar refractivity (Wildman–Crippen MR) is 105 cm³/mol. The van der Waals surface area contributed by atoms with Gasteiger partial charge in [-0.25, -0.2) is 0 Å². The number of piperazine rings is 1. The molecule has 1 amide bonds. The van der Waals surface area contributed by atoms with Crippen molar-refractivity contribution in [1.29, 1.82) is 0 Å². The number of benzene rings is 1. The molecule has 2 aliphatic rings. The fraction of sp³-hybridized carbons (Fsp3) is 0.600. The molecule has 0 bridgehead atoms. The second-order valence-corrected chi connectivity index (χ2v) is 7.16. The molecule has 10 heteroatoms. The van der Waals surface area contributed by atoms with Crippen molar-refractivity contribution in [3.63, 3.8) is 0 Å². The molecule has 30 heavy (non-hydrogen) atoms. The summed E-state index contributed by atoms with van der Waals surface area (Å²) in [7, 11) is 1.68. The number of carbonyl (C=O) groups excluding carboxylic acids is 1. The van der Waals surface area contributed by atoms with E-state index in [1.54, 1.807) is 7.05 Å². The third-order valence-corrected chi connectivity index (χ3v) is 5.14. The number of ether oxygens (including phenoxy) is 2. The zero-order chi connectivity index (χ0) is 21.6. The summed E-state index contributed by atoms with van der Waals surface area (Å²) in [6.45, 7) is 3.94. The van der Waals surface area contributed by atoms with Crippen LogP contribution in [0.15, 0.2) is 29.3 Å². The highest BCUT2D eigenvalue weighted by Crippen LogP contribution is 2.30. The van der Waals surface area contributed by atoms with Crippen LogP contribution in [0.2, 0.25) is 0 Å². The van der Waals surface area contributed by atoms with E-state index < -0.39 is 11.7 Å². The Morgan fingerprint density at radius 3 is 2.43 bits per heavy atom. The average molecular weight is 428 g/mol. The summed E-state index contributed by atoms with van der Waals surface area (Å²) < 4.78 is 48.7. The van der Waals surface area contributed by atoms with Crippen LogP contribution in [0.4, 0.5) is 13.2 Å². The van der Waals surface area contributed by atoms with Gasteiger partial charge in [0, 0.05) is 39.8 Å². The van der Waals surface area contributed by atoms with Crippen molar-refractivity contribution < 1.29 is 27.4 Å². The van der Waals surface area contributed by atoms with E-state index in [4.69, 9.17) is 9.47 Å². The minimum absolute atomic E-state index is 0.0695. The first-order valence-corrected chi connectivity index (χ1v) is 10.0. The summed E-state index contributed by atoms with van der Waals surface area (Å²) in [6, 6.07) is 4.61. The van der Waals surface area contributed by atoms with Gasteiger partial charge in [-0.05, 0) is 37.1 Å². The van der Waals surface area contributed by atoms with E-state index in [-0.39, 0.29) is 18.6 Å². The number of carbonyl (C=O) groups is 1. The lowest BCUT2D eigenvalue weighted by Crippen LogP contribution is -2.55. The van der Waals surface area contributed by atoms with Gasteiger partial charge in [0.05, 0.1) is 12.1 Å². The Bertz CT molecular complexity index is 726. The molecule has 2 saturated heterocycles. The van der Waals surface area contributed by atoms with E-state index in [2.05, 4.69) is 15.2 Å². The average Bonchev–Trinajstić information content (AvgIpc) is 3.28. The maximum absolute atomic E-state index is 12.6. The molecule has 1 atom stereocenters. The Morgan fingerprint density at radius 1 is 1.20 bits per heavy atom. The number of alkyl halides is 3. The number of aliphatic imine (C=N–C) groups is 1. The van der Waals surface area contributed by atoms with Crippen molar-refractivity contribution in [3.8, 4) is 5.75 Å². The lowest BCUT2D eigenvalue weighted by molar-refractivity contribution is -0.142. The van der Waals surface area contributed by atoms with Gasteiger partial charge in [0.25, 0.3) is 5.91 Å². The van der Waals surface area contributed by atoms with E-state index in [1.165, 1.54) is 12.1 Å². The quantitative estimate of drug-likeness (QED) is 0.442. The number of nitrogens with zero attached hydrogens (tertiary/aromatic N) is 3. The first-order chi connectivity index (χ1) is 14.4. The van der Waals surface area contributed by atoms with Crippen molar-refractivity contribution in [3.05, 3.63) is 29.8 Å². The highest BCUT2D eigenvalue weighted by molar-refractivity contribution is 5.82. The Morgan fingerprint density at radius 2 is 1.87 bits per heavy atom. The van der Waals surface area contributed by atoms with E-state index in [9.17, 15) is 18.0 Å². The molecule has 166 valence electrons. The lowest BCUT2D eigenvalue weighted by atomic mass is 10.2. The number of guanidine groups is 1. The number of rotatable bonds is 5. The van der Waals surface area contributed by atoms with Gasteiger partial charge in [0.15, 0.2) is 5.96 Å². The van der Waals surface area contributed by atoms with E-state index in [0.29, 0.717) is 51.0 Å². The maximum atomic E-state index is 12.6. The Kier molecular flexibility index (Phi) is 7.41. The van der Waals surface area contributed by atoms with Gasteiger partial charge in [-0.2, -0.15) is 13.2 Å². The summed E-state index contributed by atoms with van der Waals surface area (Å²) in [5, 5.41) is 3.19. The molecule has 2 aliphatic heterocycles. The fourth-order valence-electron chi connectivity index (χ4n) is 3.52. The van der Waals surface area contributed by atoms with Gasteiger partial charge in [0.2, 0.25) is 0 Å². The Balaban J connectivity index is 1.38. The molecule has 1 N–H and O–H groups in total. The molecule has 0 aliphatic carbocycles. The summed E-state index contributed by atoms with van der Waals surface area (Å²) in [5.74, 6) is 1.15. The van der Waals surface area contributed by atoms with Gasteiger partial charge in [-0.3, -0.25) is 9.79 Å². The predicted octanol–water partition coefficient (Wildman–Crippen LogP) is 1.98. The largest absolute Gasteiger partial charge is 0.492 e. The second kappa shape index (κ2) is 10.0. The van der Waals surface area contributed by atoms with E-state index >= 15 is 0 Å². The highest BCUT2D eigenvalue weighted by Gasteiger charge is 2.31. The van der Waals surface area contributed by atoms with Crippen molar-refractivity contribution in [2.75, 3.05) is 53.0 Å². The van der Waals surface area contributed by atoms with Crippen LogP contribution in [0.1, 0.15) is 18.4 Å². The van der Waals surface area contributed by atoms with Gasteiger partial charge in [-0.15, -0.1) is 0 Å². The SMILES string of the molecule is CN=C(NCCOc1ccc(C(F)(F)F)cc1)N1CCN(C(=O)C2CCCO2)CC1. The van der Waals surface area contributed by atoms with Crippen LogP contribution in [0.25, 0.3) is 0 Å². The molecule has 0 saturated carbocycles. The monoisotopic (exact) mass is 428 g/mol. The van der Waals surface area contributed by atoms with Gasteiger partial charge in [0.1, 0.15) is 18.5 Å². The molecule has 2 heterocycles. The van der Waals surface area contributed by atoms with Crippen molar-refractivity contribution >= 4 is 11.9 Å². The maximum Gasteiger partial charge on any atom is 0.416 e. The standard InChI is InChI=1S/C20H27F3N4O3/c1-24-19(25-8-14-29-16-6-4-15(5-7-16)20(21,22)23)27-11-9-26(10-12-27)18(28)17-3-2-13-30-17/h4-7,17H,2-3,8-14H2,1H3,(H,24,25). The van der Waals surface area contributed by atoms with Gasteiger partial charge < -0.3 is 24.6 Å². The van der Waals surface area contributed by atoms with Crippen molar-refractivity contribution in [1.82, 2.24) is 15.1 Å². The number of amides is 1. The number of nitrogens with one attached hydrogen (secondary N) is 1. The summed E-state index contributed by atoms with van der Waals surface area (Å²) in [5.41, 5.74) is -0.703. The lowest BCUT2D eigenvalue weighted by Gasteiger charge is -2.37. The van der Waals surface area contributed by atoms with E-state index in [1.807, 2.05) is 4.90 Å². The Labute approximate surface area is 173 Å². The molecule has 1 aromatic carbocycles. The minimum Gasteiger partial charge on any atom is -0.492 e. The van der Waals surface area contributed by atoms with Crippen LogP contribution in [-0.4, -0.2) is 80.8 Å². The third-order valence-electron chi connectivity index (χ3n) is 5.14. The zero-order valence-corrected chi connectivity index (χ0v) is 17.0. The topological polar surface area (TPSA) is 66.4 Å². The molecular formula is C20H27F3N4O3. The van der Waals surface area contributed by atoms with Gasteiger partial charge >= 0.3 is 6.18 Å². The van der Waals surface area contributed by atoms with Crippen LogP contribution in [0, 0.1) is 0 Å². The number of hydrogen-bond donors (Lipinski definition) is 1. The van der Waals surface area contributed by atoms with Crippen LogP contribution >= 0.6 is 0 Å². The smallest absolute Gasteiger partial charge is 0.416 e. The summed E-state index contributed by atoms with van der Waals surface area (Å²) >= 11 is 0. The first-order valence-electron chi connectivity index (χ1n) is 10.0. The van der Waals surface area contributed by atoms with E-state index in [0.717, 1.165) is 25.0 Å². The molecule has 0 spiro atoms. The summed E-state index contributed by atoms with van der Waals surface area (Å²) in [6.07, 6.45) is -2.93. The molecule has 0 radical (unpaired) electrons. The van der Waals surface area contributed by atoms with Gasteiger partial charge in [-0.1, -0.05) is 0 Å². The number of halogens is 3. The first kappa shape index (κ1) is 22.2. The Hall–Kier alpha value is -2.49. The van der Waals surface area contributed by atoms with Crippen LogP contribution in [0.5, 0.6) is 5.75 Å². The second-order valence-electron chi connectivity index (χ2n) is 7.16. The fourth-order valence-corrected chi connectivity index (χ4v) is 3.52. The summed E-state index contributed by atoms with van der Waals surface area (Å²) in [4.78, 5) is 20.6.